The van der Waals surface area contributed by atoms with Gasteiger partial charge in [0.15, 0.2) is 6.04 Å². The quantitative estimate of drug-likeness (QED) is 0.789. The topological polar surface area (TPSA) is 91.3 Å². The maximum atomic E-state index is 12.9. The number of rotatable bonds is 4. The monoisotopic (exact) mass is 323 g/mol. The number of aliphatic carboxylic acids is 1. The van der Waals surface area contributed by atoms with Crippen LogP contribution in [0.1, 0.15) is 23.9 Å². The molecule has 0 radical (unpaired) electrons. The molecule has 1 aromatic heterocycles. The number of hydrogen-bond donors (Lipinski definition) is 3. The van der Waals surface area contributed by atoms with E-state index in [2.05, 4.69) is 10.3 Å². The van der Waals surface area contributed by atoms with Gasteiger partial charge in [-0.3, -0.25) is 4.79 Å². The Hall–Kier alpha value is -1.84. The number of halogens is 3. The molecule has 1 heterocycles. The van der Waals surface area contributed by atoms with Crippen LogP contribution < -0.4 is 10.6 Å². The largest absolute Gasteiger partial charge is 0.481 e. The number of urea groups is 1. The second-order valence-corrected chi connectivity index (χ2v) is 5.59. The van der Waals surface area contributed by atoms with Gasteiger partial charge in [-0.2, -0.15) is 13.2 Å². The number of thiazole rings is 1. The van der Waals surface area contributed by atoms with Crippen LogP contribution in [-0.2, 0) is 4.79 Å². The standard InChI is InChI=1S/C11H12F3N3O3S/c12-11(13,14)7(8-15-1-2-21-8)17-10(20)16-6-3-5(4-6)9(18)19/h1-2,5-7H,3-4H2,(H,18,19)(H2,16,17,20). The average molecular weight is 323 g/mol. The van der Waals surface area contributed by atoms with E-state index < -0.39 is 36.2 Å². The van der Waals surface area contributed by atoms with E-state index in [9.17, 15) is 22.8 Å². The lowest BCUT2D eigenvalue weighted by atomic mass is 9.80. The van der Waals surface area contributed by atoms with Crippen LogP contribution in [0.25, 0.3) is 0 Å². The van der Waals surface area contributed by atoms with Crippen LogP contribution in [0, 0.1) is 5.92 Å². The minimum Gasteiger partial charge on any atom is -0.481 e. The first-order chi connectivity index (χ1) is 9.77. The average Bonchev–Trinajstić information content (AvgIpc) is 2.81. The maximum absolute atomic E-state index is 12.9. The molecule has 0 aromatic carbocycles. The Morgan fingerprint density at radius 3 is 2.57 bits per heavy atom. The third-order valence-electron chi connectivity index (χ3n) is 3.12. The molecule has 1 saturated carbocycles. The first-order valence-electron chi connectivity index (χ1n) is 6.03. The summed E-state index contributed by atoms with van der Waals surface area (Å²) >= 11 is 0.791. The zero-order valence-corrected chi connectivity index (χ0v) is 11.4. The molecule has 116 valence electrons. The van der Waals surface area contributed by atoms with Gasteiger partial charge in [0, 0.05) is 17.6 Å². The molecule has 3 N–H and O–H groups in total. The Labute approximate surface area is 121 Å². The number of carboxylic acids is 1. The van der Waals surface area contributed by atoms with Crippen LogP contribution in [0.5, 0.6) is 0 Å². The molecule has 0 saturated heterocycles. The summed E-state index contributed by atoms with van der Waals surface area (Å²) in [7, 11) is 0. The number of carboxylic acid groups (broad SMARTS) is 1. The van der Waals surface area contributed by atoms with Gasteiger partial charge in [0.25, 0.3) is 0 Å². The van der Waals surface area contributed by atoms with Gasteiger partial charge in [0.2, 0.25) is 0 Å². The van der Waals surface area contributed by atoms with E-state index in [0.717, 1.165) is 11.3 Å². The predicted molar refractivity (Wildman–Crippen MR) is 66.7 cm³/mol. The second-order valence-electron chi connectivity index (χ2n) is 4.67. The summed E-state index contributed by atoms with van der Waals surface area (Å²) in [6.07, 6.45) is -2.99. The minimum atomic E-state index is -4.65. The third kappa shape index (κ3) is 3.84. The fourth-order valence-corrected chi connectivity index (χ4v) is 2.67. The summed E-state index contributed by atoms with van der Waals surface area (Å²) in [6.45, 7) is 0. The highest BCUT2D eigenvalue weighted by atomic mass is 32.1. The van der Waals surface area contributed by atoms with Gasteiger partial charge in [-0.1, -0.05) is 0 Å². The van der Waals surface area contributed by atoms with Crippen molar-refractivity contribution in [2.45, 2.75) is 31.1 Å². The van der Waals surface area contributed by atoms with Crippen molar-refractivity contribution in [1.29, 1.82) is 0 Å². The van der Waals surface area contributed by atoms with Gasteiger partial charge < -0.3 is 15.7 Å². The number of carbonyl (C=O) groups is 2. The van der Waals surface area contributed by atoms with Gasteiger partial charge >= 0.3 is 18.2 Å². The first kappa shape index (κ1) is 15.5. The summed E-state index contributed by atoms with van der Waals surface area (Å²) in [4.78, 5) is 25.7. The molecule has 2 amide bonds. The molecule has 2 rings (SSSR count). The van der Waals surface area contributed by atoms with Crippen LogP contribution in [-0.4, -0.2) is 34.3 Å². The molecule has 0 aliphatic heterocycles. The van der Waals surface area contributed by atoms with E-state index in [0.29, 0.717) is 0 Å². The molecule has 6 nitrogen and oxygen atoms in total. The van der Waals surface area contributed by atoms with E-state index in [4.69, 9.17) is 5.11 Å². The number of amides is 2. The van der Waals surface area contributed by atoms with E-state index >= 15 is 0 Å². The van der Waals surface area contributed by atoms with Crippen LogP contribution >= 0.6 is 11.3 Å². The van der Waals surface area contributed by atoms with E-state index in [1.807, 2.05) is 5.32 Å². The Morgan fingerprint density at radius 2 is 2.10 bits per heavy atom. The van der Waals surface area contributed by atoms with Crippen LogP contribution in [0.3, 0.4) is 0 Å². The number of aromatic nitrogens is 1. The second kappa shape index (κ2) is 5.88. The number of hydrogen-bond acceptors (Lipinski definition) is 4. The van der Waals surface area contributed by atoms with Crippen molar-refractivity contribution in [1.82, 2.24) is 15.6 Å². The van der Waals surface area contributed by atoms with Crippen molar-refractivity contribution >= 4 is 23.3 Å². The third-order valence-corrected chi connectivity index (χ3v) is 3.96. The number of nitrogens with one attached hydrogen (secondary N) is 2. The predicted octanol–water partition coefficient (Wildman–Crippen LogP) is 1.91. The minimum absolute atomic E-state index is 0.219. The summed E-state index contributed by atoms with van der Waals surface area (Å²) in [6, 6.07) is -3.58. The Morgan fingerprint density at radius 1 is 1.43 bits per heavy atom. The van der Waals surface area contributed by atoms with Crippen LogP contribution in [0.15, 0.2) is 11.6 Å². The van der Waals surface area contributed by atoms with Crippen molar-refractivity contribution in [2.24, 2.45) is 5.92 Å². The Bertz CT molecular complexity index is 515. The van der Waals surface area contributed by atoms with E-state index in [1.165, 1.54) is 11.6 Å². The van der Waals surface area contributed by atoms with Gasteiger partial charge in [-0.25, -0.2) is 9.78 Å². The molecule has 1 atom stereocenters. The zero-order valence-electron chi connectivity index (χ0n) is 10.6. The van der Waals surface area contributed by atoms with Gasteiger partial charge in [0.05, 0.1) is 5.92 Å². The smallest absolute Gasteiger partial charge is 0.415 e. The van der Waals surface area contributed by atoms with Crippen molar-refractivity contribution < 1.29 is 27.9 Å². The fraction of sp³-hybridized carbons (Fsp3) is 0.545. The lowest BCUT2D eigenvalue weighted by molar-refractivity contribution is -0.155. The molecular weight excluding hydrogens is 311 g/mol. The van der Waals surface area contributed by atoms with Gasteiger partial charge in [0.1, 0.15) is 5.01 Å². The molecule has 1 aliphatic carbocycles. The lowest BCUT2D eigenvalue weighted by Gasteiger charge is -2.33. The van der Waals surface area contributed by atoms with E-state index in [1.54, 1.807) is 0 Å². The molecule has 1 unspecified atom stereocenters. The van der Waals surface area contributed by atoms with Crippen LogP contribution in [0.2, 0.25) is 0 Å². The van der Waals surface area contributed by atoms with Crippen molar-refractivity contribution in [2.75, 3.05) is 0 Å². The zero-order chi connectivity index (χ0) is 15.6. The van der Waals surface area contributed by atoms with Gasteiger partial charge in [-0.05, 0) is 12.8 Å². The van der Waals surface area contributed by atoms with Crippen LogP contribution in [0.4, 0.5) is 18.0 Å². The molecule has 1 aromatic rings. The highest BCUT2D eigenvalue weighted by molar-refractivity contribution is 7.09. The molecule has 0 bridgehead atoms. The normalized spacial score (nSPS) is 23.0. The summed E-state index contributed by atoms with van der Waals surface area (Å²) in [5, 5.41) is 14.0. The Kier molecular flexibility index (Phi) is 4.35. The van der Waals surface area contributed by atoms with E-state index in [-0.39, 0.29) is 17.8 Å². The fourth-order valence-electron chi connectivity index (χ4n) is 1.96. The maximum Gasteiger partial charge on any atom is 0.415 e. The molecule has 21 heavy (non-hydrogen) atoms. The van der Waals surface area contributed by atoms with Gasteiger partial charge in [-0.15, -0.1) is 11.3 Å². The summed E-state index contributed by atoms with van der Waals surface area (Å²) < 4.78 is 38.7. The molecule has 10 heteroatoms. The summed E-state index contributed by atoms with van der Waals surface area (Å²) in [5.41, 5.74) is 0. The Balaban J connectivity index is 1.90. The van der Waals surface area contributed by atoms with Crippen molar-refractivity contribution in [3.05, 3.63) is 16.6 Å². The first-order valence-corrected chi connectivity index (χ1v) is 6.91. The van der Waals surface area contributed by atoms with Crippen molar-refractivity contribution in [3.8, 4) is 0 Å². The number of alkyl halides is 3. The highest BCUT2D eigenvalue weighted by Gasteiger charge is 2.44. The van der Waals surface area contributed by atoms with Crippen molar-refractivity contribution in [3.63, 3.8) is 0 Å². The number of carbonyl (C=O) groups excluding carboxylic acids is 1. The molecular formula is C11H12F3N3O3S. The SMILES string of the molecule is O=C(NC1CC(C(=O)O)C1)NC(c1nccs1)C(F)(F)F. The lowest BCUT2D eigenvalue weighted by Crippen LogP contribution is -2.52. The summed E-state index contributed by atoms with van der Waals surface area (Å²) in [5.74, 6) is -1.52. The highest BCUT2D eigenvalue weighted by Crippen LogP contribution is 2.33. The molecule has 1 fully saturated rings. The number of nitrogens with zero attached hydrogens (tertiary/aromatic N) is 1. The molecule has 1 aliphatic rings. The molecule has 0 spiro atoms.